The van der Waals surface area contributed by atoms with Gasteiger partial charge in [0.2, 0.25) is 0 Å². The topological polar surface area (TPSA) is 38.7 Å². The molecule has 0 heterocycles. The van der Waals surface area contributed by atoms with Gasteiger partial charge in [-0.15, -0.1) is 0 Å². The van der Waals surface area contributed by atoms with Gasteiger partial charge in [-0.05, 0) is 45.4 Å². The molecule has 0 aliphatic rings. The van der Waals surface area contributed by atoms with Crippen molar-refractivity contribution in [3.05, 3.63) is 29.8 Å². The first kappa shape index (κ1) is 14.0. The number of hydrogen-bond acceptors (Lipinski definition) is 3. The predicted octanol–water partition coefficient (Wildman–Crippen LogP) is 2.93. The monoisotopic (exact) mass is 238 g/mol. The van der Waals surface area contributed by atoms with Gasteiger partial charge in [-0.25, -0.2) is 0 Å². The Kier molecular flexibility index (Phi) is 4.54. The number of aliphatic hydroxyl groups excluding tert-OH is 1. The van der Waals surface area contributed by atoms with Crippen LogP contribution in [-0.2, 0) is 4.74 Å². The quantitative estimate of drug-likeness (QED) is 0.857. The van der Waals surface area contributed by atoms with E-state index in [2.05, 4.69) is 0 Å². The summed E-state index contributed by atoms with van der Waals surface area (Å²) >= 11 is 0. The van der Waals surface area contributed by atoms with Gasteiger partial charge in [-0.2, -0.15) is 0 Å². The average Bonchev–Trinajstić information content (AvgIpc) is 2.28. The standard InChI is InChI=1S/C14H22O3/c1-10(2)17-12-8-6-11(7-9-12)13(15)14(3,4)16-5/h6-10,13,15H,1-5H3. The molecule has 1 rings (SSSR count). The van der Waals surface area contributed by atoms with Crippen molar-refractivity contribution in [3.63, 3.8) is 0 Å². The summed E-state index contributed by atoms with van der Waals surface area (Å²) in [7, 11) is 1.60. The number of ether oxygens (including phenoxy) is 2. The first-order valence-corrected chi connectivity index (χ1v) is 5.86. The van der Waals surface area contributed by atoms with Gasteiger partial charge in [-0.1, -0.05) is 12.1 Å². The van der Waals surface area contributed by atoms with Crippen LogP contribution in [0.3, 0.4) is 0 Å². The minimum atomic E-state index is -0.652. The molecule has 0 aliphatic heterocycles. The minimum Gasteiger partial charge on any atom is -0.491 e. The number of rotatable bonds is 5. The fourth-order valence-corrected chi connectivity index (χ4v) is 1.51. The first-order valence-electron chi connectivity index (χ1n) is 5.86. The molecular weight excluding hydrogens is 216 g/mol. The molecule has 0 amide bonds. The summed E-state index contributed by atoms with van der Waals surface area (Å²) in [6.45, 7) is 7.68. The van der Waals surface area contributed by atoms with Gasteiger partial charge >= 0.3 is 0 Å². The van der Waals surface area contributed by atoms with Crippen LogP contribution in [0.1, 0.15) is 39.4 Å². The van der Waals surface area contributed by atoms with Crippen molar-refractivity contribution in [2.75, 3.05) is 7.11 Å². The van der Waals surface area contributed by atoms with E-state index in [1.807, 2.05) is 52.0 Å². The van der Waals surface area contributed by atoms with Crippen molar-refractivity contribution >= 4 is 0 Å². The van der Waals surface area contributed by atoms with Crippen molar-refractivity contribution < 1.29 is 14.6 Å². The Bertz CT molecular complexity index is 341. The van der Waals surface area contributed by atoms with E-state index in [9.17, 15) is 5.11 Å². The normalized spacial score (nSPS) is 13.8. The van der Waals surface area contributed by atoms with E-state index in [1.165, 1.54) is 0 Å². The Balaban J connectivity index is 2.80. The van der Waals surface area contributed by atoms with Crippen molar-refractivity contribution in [2.24, 2.45) is 0 Å². The van der Waals surface area contributed by atoms with E-state index in [4.69, 9.17) is 9.47 Å². The zero-order valence-corrected chi connectivity index (χ0v) is 11.2. The largest absolute Gasteiger partial charge is 0.491 e. The highest BCUT2D eigenvalue weighted by Crippen LogP contribution is 2.29. The van der Waals surface area contributed by atoms with Crippen molar-refractivity contribution in [2.45, 2.75) is 45.5 Å². The fourth-order valence-electron chi connectivity index (χ4n) is 1.51. The average molecular weight is 238 g/mol. The van der Waals surface area contributed by atoms with Crippen LogP contribution < -0.4 is 4.74 Å². The van der Waals surface area contributed by atoms with Gasteiger partial charge in [0, 0.05) is 7.11 Å². The van der Waals surface area contributed by atoms with Crippen molar-refractivity contribution in [1.29, 1.82) is 0 Å². The first-order chi connectivity index (χ1) is 7.86. The van der Waals surface area contributed by atoms with Crippen LogP contribution in [-0.4, -0.2) is 23.9 Å². The van der Waals surface area contributed by atoms with E-state index in [0.29, 0.717) is 0 Å². The van der Waals surface area contributed by atoms with Crippen molar-refractivity contribution in [3.8, 4) is 5.75 Å². The maximum atomic E-state index is 10.2. The molecule has 1 unspecified atom stereocenters. The second kappa shape index (κ2) is 5.52. The molecule has 3 heteroatoms. The molecule has 0 saturated heterocycles. The highest BCUT2D eigenvalue weighted by molar-refractivity contribution is 5.29. The van der Waals surface area contributed by atoms with Crippen LogP contribution in [0.5, 0.6) is 5.75 Å². The van der Waals surface area contributed by atoms with Crippen LogP contribution >= 0.6 is 0 Å². The Morgan fingerprint density at radius 3 is 2.06 bits per heavy atom. The molecule has 17 heavy (non-hydrogen) atoms. The van der Waals surface area contributed by atoms with Gasteiger partial charge in [0.25, 0.3) is 0 Å². The third kappa shape index (κ3) is 3.72. The molecule has 0 spiro atoms. The van der Waals surface area contributed by atoms with E-state index >= 15 is 0 Å². The number of hydrogen-bond donors (Lipinski definition) is 1. The highest BCUT2D eigenvalue weighted by atomic mass is 16.5. The number of benzene rings is 1. The van der Waals surface area contributed by atoms with Crippen molar-refractivity contribution in [1.82, 2.24) is 0 Å². The number of methoxy groups -OCH3 is 1. The summed E-state index contributed by atoms with van der Waals surface area (Å²) < 4.78 is 10.8. The molecule has 96 valence electrons. The smallest absolute Gasteiger partial charge is 0.119 e. The van der Waals surface area contributed by atoms with Crippen LogP contribution in [0.15, 0.2) is 24.3 Å². The van der Waals surface area contributed by atoms with Gasteiger partial charge in [0.15, 0.2) is 0 Å². The summed E-state index contributed by atoms with van der Waals surface area (Å²) in [6, 6.07) is 7.46. The second-order valence-corrected chi connectivity index (χ2v) is 4.95. The molecule has 0 aromatic heterocycles. The Morgan fingerprint density at radius 1 is 1.12 bits per heavy atom. The molecule has 0 bridgehead atoms. The molecular formula is C14H22O3. The zero-order valence-electron chi connectivity index (χ0n) is 11.2. The summed E-state index contributed by atoms with van der Waals surface area (Å²) in [6.07, 6.45) is -0.498. The lowest BCUT2D eigenvalue weighted by molar-refractivity contribution is -0.0793. The SMILES string of the molecule is COC(C)(C)C(O)c1ccc(OC(C)C)cc1. The number of aliphatic hydroxyl groups is 1. The van der Waals surface area contributed by atoms with Crippen LogP contribution in [0.2, 0.25) is 0 Å². The summed E-state index contributed by atoms with van der Waals surface area (Å²) in [5.74, 6) is 0.811. The molecule has 0 saturated carbocycles. The molecule has 1 aromatic rings. The third-order valence-corrected chi connectivity index (χ3v) is 2.75. The van der Waals surface area contributed by atoms with Crippen LogP contribution in [0.4, 0.5) is 0 Å². The molecule has 0 fully saturated rings. The van der Waals surface area contributed by atoms with E-state index in [0.717, 1.165) is 11.3 Å². The fraction of sp³-hybridized carbons (Fsp3) is 0.571. The van der Waals surface area contributed by atoms with Gasteiger partial charge in [0.1, 0.15) is 11.9 Å². The molecule has 0 aliphatic carbocycles. The molecule has 1 aromatic carbocycles. The van der Waals surface area contributed by atoms with E-state index < -0.39 is 11.7 Å². The lowest BCUT2D eigenvalue weighted by Gasteiger charge is -2.29. The zero-order chi connectivity index (χ0) is 13.1. The van der Waals surface area contributed by atoms with E-state index in [1.54, 1.807) is 7.11 Å². The second-order valence-electron chi connectivity index (χ2n) is 4.95. The summed E-state index contributed by atoms with van der Waals surface area (Å²) in [5, 5.41) is 10.2. The third-order valence-electron chi connectivity index (χ3n) is 2.75. The van der Waals surface area contributed by atoms with Crippen LogP contribution in [0, 0.1) is 0 Å². The lowest BCUT2D eigenvalue weighted by Crippen LogP contribution is -2.31. The Morgan fingerprint density at radius 2 is 1.65 bits per heavy atom. The summed E-state index contributed by atoms with van der Waals surface area (Å²) in [4.78, 5) is 0. The van der Waals surface area contributed by atoms with Gasteiger partial charge in [-0.3, -0.25) is 0 Å². The molecule has 3 nitrogen and oxygen atoms in total. The molecule has 1 atom stereocenters. The molecule has 1 N–H and O–H groups in total. The van der Waals surface area contributed by atoms with Crippen LogP contribution in [0.25, 0.3) is 0 Å². The van der Waals surface area contributed by atoms with Gasteiger partial charge in [0.05, 0.1) is 11.7 Å². The maximum absolute atomic E-state index is 10.2. The summed E-state index contributed by atoms with van der Waals surface area (Å²) in [5.41, 5.74) is 0.230. The maximum Gasteiger partial charge on any atom is 0.119 e. The lowest BCUT2D eigenvalue weighted by atomic mass is 9.94. The Hall–Kier alpha value is -1.06. The predicted molar refractivity (Wildman–Crippen MR) is 68.3 cm³/mol. The van der Waals surface area contributed by atoms with Gasteiger partial charge < -0.3 is 14.6 Å². The highest BCUT2D eigenvalue weighted by Gasteiger charge is 2.28. The van der Waals surface area contributed by atoms with E-state index in [-0.39, 0.29) is 6.10 Å². The Labute approximate surface area is 103 Å². The molecule has 0 radical (unpaired) electrons. The minimum absolute atomic E-state index is 0.154.